The van der Waals surface area contributed by atoms with Crippen molar-refractivity contribution in [2.75, 3.05) is 12.8 Å². The van der Waals surface area contributed by atoms with Crippen LogP contribution in [-0.4, -0.2) is 28.5 Å². The van der Waals surface area contributed by atoms with Gasteiger partial charge in [0.1, 0.15) is 5.69 Å². The number of carbonyl (C=O) groups excluding carboxylic acids is 1. The summed E-state index contributed by atoms with van der Waals surface area (Å²) < 4.78 is 2.05. The van der Waals surface area contributed by atoms with Gasteiger partial charge >= 0.3 is 0 Å². The van der Waals surface area contributed by atoms with Crippen LogP contribution >= 0.6 is 11.3 Å². The summed E-state index contributed by atoms with van der Waals surface area (Å²) in [6, 6.07) is 6.59. The standard InChI is InChI=1S/C16H21N3OS/c1-11(8-14-4-3-7-21-14)18(2)16(20)15-9-12(17)10-19(15)13-5-6-13/h3-4,7,9-11,13H,5-6,8,17H2,1-2H3. The molecular weight excluding hydrogens is 282 g/mol. The Balaban J connectivity index is 1.74. The molecule has 4 nitrogen and oxygen atoms in total. The lowest BCUT2D eigenvalue weighted by atomic mass is 10.1. The monoisotopic (exact) mass is 303 g/mol. The largest absolute Gasteiger partial charge is 0.397 e. The van der Waals surface area contributed by atoms with Gasteiger partial charge in [-0.05, 0) is 37.3 Å². The van der Waals surface area contributed by atoms with Gasteiger partial charge in [-0.1, -0.05) is 6.07 Å². The van der Waals surface area contributed by atoms with Crippen LogP contribution in [0.3, 0.4) is 0 Å². The van der Waals surface area contributed by atoms with E-state index in [0.29, 0.717) is 11.7 Å². The van der Waals surface area contributed by atoms with Crippen molar-refractivity contribution in [3.05, 3.63) is 40.3 Å². The average Bonchev–Trinajstić information content (AvgIpc) is 3.04. The Labute approximate surface area is 129 Å². The fraction of sp³-hybridized carbons (Fsp3) is 0.438. The number of likely N-dealkylation sites (N-methyl/N-ethyl adjacent to an activating group) is 1. The molecule has 2 heterocycles. The third-order valence-corrected chi connectivity index (χ3v) is 4.99. The van der Waals surface area contributed by atoms with Gasteiger partial charge in [-0.15, -0.1) is 11.3 Å². The van der Waals surface area contributed by atoms with Gasteiger partial charge < -0.3 is 15.2 Å². The fourth-order valence-corrected chi connectivity index (χ4v) is 3.39. The molecular formula is C16H21N3OS. The Hall–Kier alpha value is -1.75. The summed E-state index contributed by atoms with van der Waals surface area (Å²) in [5.74, 6) is 0.0580. The maximum Gasteiger partial charge on any atom is 0.270 e. The summed E-state index contributed by atoms with van der Waals surface area (Å²) in [5, 5.41) is 2.07. The summed E-state index contributed by atoms with van der Waals surface area (Å²) in [4.78, 5) is 15.9. The number of hydrogen-bond acceptors (Lipinski definition) is 3. The van der Waals surface area contributed by atoms with Gasteiger partial charge in [0, 0.05) is 36.6 Å². The van der Waals surface area contributed by atoms with E-state index in [4.69, 9.17) is 5.73 Å². The van der Waals surface area contributed by atoms with Crippen molar-refractivity contribution < 1.29 is 4.79 Å². The third-order valence-electron chi connectivity index (χ3n) is 4.09. The van der Waals surface area contributed by atoms with E-state index >= 15 is 0 Å². The normalized spacial score (nSPS) is 15.9. The predicted molar refractivity (Wildman–Crippen MR) is 86.7 cm³/mol. The topological polar surface area (TPSA) is 51.3 Å². The van der Waals surface area contributed by atoms with Crippen molar-refractivity contribution in [3.63, 3.8) is 0 Å². The molecule has 0 radical (unpaired) electrons. The summed E-state index contributed by atoms with van der Waals surface area (Å²) in [5.41, 5.74) is 7.27. The summed E-state index contributed by atoms with van der Waals surface area (Å²) >= 11 is 1.74. The van der Waals surface area contributed by atoms with Crippen LogP contribution < -0.4 is 5.73 Å². The number of amides is 1. The molecule has 5 heteroatoms. The molecule has 1 aliphatic carbocycles. The van der Waals surface area contributed by atoms with Gasteiger partial charge in [0.05, 0.1) is 5.69 Å². The first kappa shape index (κ1) is 14.2. The van der Waals surface area contributed by atoms with E-state index in [-0.39, 0.29) is 11.9 Å². The van der Waals surface area contributed by atoms with E-state index in [1.165, 1.54) is 4.88 Å². The van der Waals surface area contributed by atoms with Crippen LogP contribution in [0.25, 0.3) is 0 Å². The lowest BCUT2D eigenvalue weighted by Crippen LogP contribution is -2.37. The average molecular weight is 303 g/mol. The Bertz CT molecular complexity index is 628. The molecule has 112 valence electrons. The molecule has 0 saturated heterocycles. The Morgan fingerprint density at radius 1 is 1.57 bits per heavy atom. The molecule has 2 aromatic heterocycles. The highest BCUT2D eigenvalue weighted by molar-refractivity contribution is 7.09. The molecule has 1 amide bonds. The second-order valence-electron chi connectivity index (χ2n) is 5.85. The lowest BCUT2D eigenvalue weighted by molar-refractivity contribution is 0.0733. The fourth-order valence-electron chi connectivity index (χ4n) is 2.56. The van der Waals surface area contributed by atoms with Crippen molar-refractivity contribution in [1.29, 1.82) is 0 Å². The number of anilines is 1. The predicted octanol–water partition coefficient (Wildman–Crippen LogP) is 3.17. The second kappa shape index (κ2) is 5.56. The second-order valence-corrected chi connectivity index (χ2v) is 6.88. The number of aromatic nitrogens is 1. The maximum absolute atomic E-state index is 12.7. The van der Waals surface area contributed by atoms with Crippen LogP contribution in [0, 0.1) is 0 Å². The van der Waals surface area contributed by atoms with E-state index in [1.54, 1.807) is 17.4 Å². The molecule has 0 aliphatic heterocycles. The van der Waals surface area contributed by atoms with Crippen molar-refractivity contribution in [2.45, 2.75) is 38.3 Å². The van der Waals surface area contributed by atoms with Gasteiger partial charge in [0.2, 0.25) is 0 Å². The van der Waals surface area contributed by atoms with Crippen molar-refractivity contribution in [1.82, 2.24) is 9.47 Å². The van der Waals surface area contributed by atoms with E-state index in [2.05, 4.69) is 18.4 Å². The Morgan fingerprint density at radius 2 is 2.33 bits per heavy atom. The minimum atomic E-state index is 0.0580. The van der Waals surface area contributed by atoms with E-state index in [0.717, 1.165) is 25.0 Å². The minimum absolute atomic E-state index is 0.0580. The van der Waals surface area contributed by atoms with E-state index in [9.17, 15) is 4.79 Å². The minimum Gasteiger partial charge on any atom is -0.397 e. The molecule has 0 bridgehead atoms. The number of nitrogen functional groups attached to an aromatic ring is 1. The number of rotatable bonds is 5. The molecule has 0 aromatic carbocycles. The highest BCUT2D eigenvalue weighted by atomic mass is 32.1. The van der Waals surface area contributed by atoms with Crippen molar-refractivity contribution >= 4 is 22.9 Å². The zero-order valence-corrected chi connectivity index (χ0v) is 13.3. The first-order valence-corrected chi connectivity index (χ1v) is 8.21. The van der Waals surface area contributed by atoms with Gasteiger partial charge in [-0.25, -0.2) is 0 Å². The third kappa shape index (κ3) is 2.97. The van der Waals surface area contributed by atoms with Crippen LogP contribution in [0.5, 0.6) is 0 Å². The molecule has 3 rings (SSSR count). The first-order valence-electron chi connectivity index (χ1n) is 7.33. The van der Waals surface area contributed by atoms with Crippen molar-refractivity contribution in [3.8, 4) is 0 Å². The maximum atomic E-state index is 12.7. The van der Waals surface area contributed by atoms with Crippen LogP contribution in [0.1, 0.15) is 41.2 Å². The number of carbonyl (C=O) groups is 1. The van der Waals surface area contributed by atoms with Gasteiger partial charge in [0.25, 0.3) is 5.91 Å². The van der Waals surface area contributed by atoms with Crippen LogP contribution in [0.2, 0.25) is 0 Å². The zero-order chi connectivity index (χ0) is 15.0. The first-order chi connectivity index (χ1) is 10.1. The molecule has 2 aromatic rings. The highest BCUT2D eigenvalue weighted by Crippen LogP contribution is 2.37. The van der Waals surface area contributed by atoms with E-state index < -0.39 is 0 Å². The van der Waals surface area contributed by atoms with Gasteiger partial charge in [-0.2, -0.15) is 0 Å². The SMILES string of the molecule is CC(Cc1cccs1)N(C)C(=O)c1cc(N)cn1C1CC1. The van der Waals surface area contributed by atoms with Crippen LogP contribution in [0.15, 0.2) is 29.8 Å². The summed E-state index contributed by atoms with van der Waals surface area (Å²) in [7, 11) is 1.88. The molecule has 0 spiro atoms. The smallest absolute Gasteiger partial charge is 0.270 e. The lowest BCUT2D eigenvalue weighted by Gasteiger charge is -2.25. The summed E-state index contributed by atoms with van der Waals surface area (Å²) in [6.45, 7) is 2.09. The quantitative estimate of drug-likeness (QED) is 0.922. The molecule has 1 aliphatic rings. The number of hydrogen-bond donors (Lipinski definition) is 1. The number of nitrogens with two attached hydrogens (primary N) is 1. The zero-order valence-electron chi connectivity index (χ0n) is 12.5. The van der Waals surface area contributed by atoms with Crippen molar-refractivity contribution in [2.24, 2.45) is 0 Å². The van der Waals surface area contributed by atoms with Crippen LogP contribution in [0.4, 0.5) is 5.69 Å². The number of nitrogens with zero attached hydrogens (tertiary/aromatic N) is 2. The highest BCUT2D eigenvalue weighted by Gasteiger charge is 2.29. The molecule has 2 N–H and O–H groups in total. The Morgan fingerprint density at radius 3 is 2.95 bits per heavy atom. The summed E-state index contributed by atoms with van der Waals surface area (Å²) in [6.07, 6.45) is 5.06. The molecule has 1 atom stereocenters. The molecule has 1 fully saturated rings. The molecule has 1 saturated carbocycles. The molecule has 21 heavy (non-hydrogen) atoms. The van der Waals surface area contributed by atoms with E-state index in [1.807, 2.05) is 28.8 Å². The van der Waals surface area contributed by atoms with Gasteiger partial charge in [0.15, 0.2) is 0 Å². The van der Waals surface area contributed by atoms with Crippen LogP contribution in [-0.2, 0) is 6.42 Å². The molecule has 1 unspecified atom stereocenters. The Kier molecular flexibility index (Phi) is 3.76. The number of thiophene rings is 1. The van der Waals surface area contributed by atoms with Gasteiger partial charge in [-0.3, -0.25) is 4.79 Å².